The standard InChI is InChI=1S/C21H27F3N6O3S/c1-6-7-9-30-15-16(27-20(28(5)17(15)31)34-13(4)12(2)3)26-19(30)29-10-8-25-11-14(29)33-18(32)21(22,23)24/h12-14,25H,8-11H2,1-5H3. The maximum atomic E-state index is 13.3. The lowest BCUT2D eigenvalue weighted by Crippen LogP contribution is -2.55. The molecule has 2 unspecified atom stereocenters. The molecule has 0 bridgehead atoms. The Morgan fingerprint density at radius 2 is 2.03 bits per heavy atom. The van der Waals surface area contributed by atoms with Crippen LogP contribution in [0.15, 0.2) is 9.95 Å². The van der Waals surface area contributed by atoms with E-state index in [-0.39, 0.29) is 47.6 Å². The smallest absolute Gasteiger partial charge is 0.433 e. The van der Waals surface area contributed by atoms with Gasteiger partial charge >= 0.3 is 12.1 Å². The number of nitrogens with one attached hydrogen (secondary N) is 1. The second-order valence-electron chi connectivity index (χ2n) is 8.18. The number of piperazine rings is 1. The van der Waals surface area contributed by atoms with Crippen molar-refractivity contribution >= 4 is 34.8 Å². The number of anilines is 1. The minimum atomic E-state index is -5.13. The van der Waals surface area contributed by atoms with Crippen molar-refractivity contribution in [1.82, 2.24) is 24.4 Å². The van der Waals surface area contributed by atoms with Crippen LogP contribution in [0.4, 0.5) is 19.1 Å². The van der Waals surface area contributed by atoms with Gasteiger partial charge < -0.3 is 15.0 Å². The largest absolute Gasteiger partial charge is 0.491 e. The zero-order valence-electron chi connectivity index (χ0n) is 19.6. The highest BCUT2D eigenvalue weighted by molar-refractivity contribution is 7.99. The highest BCUT2D eigenvalue weighted by atomic mass is 32.2. The Morgan fingerprint density at radius 3 is 2.65 bits per heavy atom. The summed E-state index contributed by atoms with van der Waals surface area (Å²) in [5.41, 5.74) is -0.00537. The molecule has 0 aromatic carbocycles. The Hall–Kier alpha value is -2.72. The number of rotatable bonds is 6. The molecule has 34 heavy (non-hydrogen) atoms. The molecule has 1 aliphatic rings. The fraction of sp³-hybridized carbons (Fsp3) is 0.619. The number of imidazole rings is 1. The van der Waals surface area contributed by atoms with Crippen molar-refractivity contribution in [2.24, 2.45) is 13.0 Å². The highest BCUT2D eigenvalue weighted by Gasteiger charge is 2.44. The number of thioether (sulfide) groups is 1. The molecule has 1 aliphatic heterocycles. The van der Waals surface area contributed by atoms with Crippen LogP contribution < -0.4 is 15.8 Å². The summed E-state index contributed by atoms with van der Waals surface area (Å²) in [5.74, 6) is 3.84. The molecule has 0 radical (unpaired) electrons. The molecule has 2 atom stereocenters. The van der Waals surface area contributed by atoms with E-state index in [1.54, 1.807) is 14.0 Å². The number of hydrogen-bond acceptors (Lipinski definition) is 8. The van der Waals surface area contributed by atoms with E-state index < -0.39 is 18.4 Å². The maximum absolute atomic E-state index is 13.3. The summed E-state index contributed by atoms with van der Waals surface area (Å²) < 4.78 is 46.2. The molecule has 1 fully saturated rings. The lowest BCUT2D eigenvalue weighted by Gasteiger charge is -2.36. The number of nitrogens with zero attached hydrogens (tertiary/aromatic N) is 5. The van der Waals surface area contributed by atoms with E-state index in [0.29, 0.717) is 17.6 Å². The Labute approximate surface area is 199 Å². The lowest BCUT2D eigenvalue weighted by atomic mass is 10.2. The fourth-order valence-corrected chi connectivity index (χ4v) is 4.25. The molecule has 2 aromatic rings. The molecule has 1 N–H and O–H groups in total. The molecule has 0 saturated carbocycles. The van der Waals surface area contributed by atoms with E-state index in [2.05, 4.69) is 41.0 Å². The molecule has 3 heterocycles. The van der Waals surface area contributed by atoms with Crippen molar-refractivity contribution in [1.29, 1.82) is 0 Å². The summed E-state index contributed by atoms with van der Waals surface area (Å²) in [6.07, 6.45) is -6.40. The summed E-state index contributed by atoms with van der Waals surface area (Å²) in [6, 6.07) is 0. The molecule has 0 aliphatic carbocycles. The first-order valence-corrected chi connectivity index (χ1v) is 11.6. The first-order chi connectivity index (χ1) is 16.0. The Balaban J connectivity index is 2.13. The van der Waals surface area contributed by atoms with Gasteiger partial charge in [0.05, 0.1) is 13.1 Å². The van der Waals surface area contributed by atoms with Crippen LogP contribution in [0.3, 0.4) is 0 Å². The van der Waals surface area contributed by atoms with E-state index in [9.17, 15) is 22.8 Å². The topological polar surface area (TPSA) is 94.3 Å². The number of aromatic nitrogens is 4. The quantitative estimate of drug-likeness (QED) is 0.279. The highest BCUT2D eigenvalue weighted by Crippen LogP contribution is 2.29. The average Bonchev–Trinajstić information content (AvgIpc) is 3.13. The van der Waals surface area contributed by atoms with Crippen LogP contribution in [-0.2, 0) is 23.1 Å². The van der Waals surface area contributed by atoms with Crippen LogP contribution in [0, 0.1) is 17.8 Å². The number of alkyl halides is 3. The third-order valence-electron chi connectivity index (χ3n) is 5.50. The minimum Gasteiger partial charge on any atom is -0.433 e. The Bertz CT molecular complexity index is 1180. The Morgan fingerprint density at radius 1 is 1.32 bits per heavy atom. The van der Waals surface area contributed by atoms with Gasteiger partial charge in [0, 0.05) is 25.4 Å². The van der Waals surface area contributed by atoms with Gasteiger partial charge in [-0.3, -0.25) is 13.9 Å². The third-order valence-corrected chi connectivity index (χ3v) is 6.99. The SMILES string of the molecule is CC#CCn1c(N2CCNCC2OC(=O)C(F)(F)F)nc2nc(SC(C)C(C)C)n(C)c(=O)c21. The summed E-state index contributed by atoms with van der Waals surface area (Å²) in [7, 11) is 1.62. The van der Waals surface area contributed by atoms with Gasteiger partial charge in [-0.05, 0) is 12.8 Å². The first-order valence-electron chi connectivity index (χ1n) is 10.7. The monoisotopic (exact) mass is 500 g/mol. The number of carbonyl (C=O) groups is 1. The summed E-state index contributed by atoms with van der Waals surface area (Å²) >= 11 is 1.44. The normalized spacial score (nSPS) is 17.6. The van der Waals surface area contributed by atoms with Gasteiger partial charge in [-0.2, -0.15) is 18.2 Å². The van der Waals surface area contributed by atoms with Gasteiger partial charge in [0.1, 0.15) is 0 Å². The van der Waals surface area contributed by atoms with E-state index in [0.717, 1.165) is 0 Å². The molecule has 3 rings (SSSR count). The zero-order valence-corrected chi connectivity index (χ0v) is 20.4. The molecule has 13 heteroatoms. The molecular weight excluding hydrogens is 473 g/mol. The molecular formula is C21H27F3N6O3S. The molecule has 1 saturated heterocycles. The number of halogens is 3. The van der Waals surface area contributed by atoms with Crippen LogP contribution in [0.2, 0.25) is 0 Å². The second-order valence-corrected chi connectivity index (χ2v) is 9.52. The number of fused-ring (bicyclic) bond motifs is 1. The third kappa shape index (κ3) is 5.33. The molecule has 2 aromatic heterocycles. The predicted octanol–water partition coefficient (Wildman–Crippen LogP) is 2.13. The maximum Gasteiger partial charge on any atom is 0.491 e. The van der Waals surface area contributed by atoms with E-state index in [1.165, 1.54) is 25.8 Å². The zero-order chi connectivity index (χ0) is 25.2. The summed E-state index contributed by atoms with van der Waals surface area (Å²) in [4.78, 5) is 35.3. The van der Waals surface area contributed by atoms with Gasteiger partial charge in [0.2, 0.25) is 5.95 Å². The van der Waals surface area contributed by atoms with Crippen molar-refractivity contribution in [3.63, 3.8) is 0 Å². The van der Waals surface area contributed by atoms with Gasteiger partial charge in [-0.25, -0.2) is 9.78 Å². The number of hydrogen-bond donors (Lipinski definition) is 1. The van der Waals surface area contributed by atoms with Gasteiger partial charge in [0.15, 0.2) is 22.5 Å². The van der Waals surface area contributed by atoms with Crippen molar-refractivity contribution < 1.29 is 22.7 Å². The van der Waals surface area contributed by atoms with Gasteiger partial charge in [-0.15, -0.1) is 5.92 Å². The first kappa shape index (κ1) is 25.9. The van der Waals surface area contributed by atoms with Crippen LogP contribution in [-0.4, -0.2) is 62.4 Å². The average molecular weight is 501 g/mol. The minimum absolute atomic E-state index is 0.0388. The molecule has 9 nitrogen and oxygen atoms in total. The fourth-order valence-electron chi connectivity index (χ4n) is 3.27. The Kier molecular flexibility index (Phi) is 7.82. The summed E-state index contributed by atoms with van der Waals surface area (Å²) in [5, 5.41) is 3.58. The van der Waals surface area contributed by atoms with Crippen molar-refractivity contribution in [3.8, 4) is 11.8 Å². The van der Waals surface area contributed by atoms with Crippen LogP contribution in [0.1, 0.15) is 27.7 Å². The number of ether oxygens (including phenoxy) is 1. The van der Waals surface area contributed by atoms with E-state index in [4.69, 9.17) is 4.74 Å². The van der Waals surface area contributed by atoms with E-state index >= 15 is 0 Å². The van der Waals surface area contributed by atoms with Crippen molar-refractivity contribution in [2.75, 3.05) is 24.5 Å². The number of esters is 1. The van der Waals surface area contributed by atoms with Crippen LogP contribution in [0.5, 0.6) is 0 Å². The van der Waals surface area contributed by atoms with Crippen LogP contribution in [0.25, 0.3) is 11.2 Å². The van der Waals surface area contributed by atoms with Gasteiger partial charge in [0.25, 0.3) is 5.56 Å². The van der Waals surface area contributed by atoms with Crippen LogP contribution >= 0.6 is 11.8 Å². The predicted molar refractivity (Wildman–Crippen MR) is 123 cm³/mol. The van der Waals surface area contributed by atoms with Crippen molar-refractivity contribution in [2.45, 2.75) is 57.1 Å². The summed E-state index contributed by atoms with van der Waals surface area (Å²) in [6.45, 7) is 8.45. The van der Waals surface area contributed by atoms with E-state index in [1.807, 2.05) is 6.92 Å². The lowest BCUT2D eigenvalue weighted by molar-refractivity contribution is -0.205. The van der Waals surface area contributed by atoms with Crippen molar-refractivity contribution in [3.05, 3.63) is 10.4 Å². The molecule has 0 amide bonds. The second kappa shape index (κ2) is 10.3. The number of carbonyl (C=O) groups excluding carboxylic acids is 1. The van der Waals surface area contributed by atoms with Gasteiger partial charge in [-0.1, -0.05) is 38.5 Å². The molecule has 0 spiro atoms. The molecule has 186 valence electrons.